The number of hydrogen-bond donors (Lipinski definition) is 2. The molecule has 0 aliphatic carbocycles. The lowest BCUT2D eigenvalue weighted by Crippen LogP contribution is -2.30. The molecule has 1 aliphatic rings. The molecule has 1 heterocycles. The van der Waals surface area contributed by atoms with Crippen LogP contribution in [0.5, 0.6) is 0 Å². The number of benzene rings is 2. The second-order valence-corrected chi connectivity index (χ2v) is 10.1. The van der Waals surface area contributed by atoms with Crippen molar-refractivity contribution < 1.29 is 13.2 Å². The molecule has 0 atom stereocenters. The van der Waals surface area contributed by atoms with Gasteiger partial charge in [-0.05, 0) is 69.5 Å². The van der Waals surface area contributed by atoms with Crippen molar-refractivity contribution in [1.29, 1.82) is 0 Å². The van der Waals surface area contributed by atoms with E-state index in [0.717, 1.165) is 31.6 Å². The first kappa shape index (κ1) is 22.9. The molecule has 1 aliphatic heterocycles. The summed E-state index contributed by atoms with van der Waals surface area (Å²) in [6.45, 7) is 5.37. The highest BCUT2D eigenvalue weighted by Gasteiger charge is 2.20. The Hall–Kier alpha value is -1.80. The monoisotopic (exact) mass is 469 g/mol. The highest BCUT2D eigenvalue weighted by atomic mass is 35.5. The quantitative estimate of drug-likeness (QED) is 0.628. The van der Waals surface area contributed by atoms with Gasteiger partial charge in [-0.3, -0.25) is 4.79 Å². The molecule has 2 aromatic carbocycles. The maximum Gasteiger partial charge on any atom is 0.257 e. The standard InChI is InChI=1S/C21H25Cl2N3O3S/c1-14(2)25-30(28,29)16-7-8-18(22)17(13-16)21(27)24-15-6-9-20(19(23)12-15)26-10-4-3-5-11-26/h6-9,12-14,25H,3-5,10-11H2,1-2H3,(H,24,27). The third-order valence-electron chi connectivity index (χ3n) is 4.79. The Kier molecular flexibility index (Phi) is 7.29. The molecule has 1 saturated heterocycles. The molecule has 0 spiro atoms. The topological polar surface area (TPSA) is 78.5 Å². The van der Waals surface area contributed by atoms with Gasteiger partial charge in [0.25, 0.3) is 5.91 Å². The number of anilines is 2. The van der Waals surface area contributed by atoms with E-state index in [-0.39, 0.29) is 21.5 Å². The van der Waals surface area contributed by atoms with E-state index in [1.807, 2.05) is 6.07 Å². The van der Waals surface area contributed by atoms with Crippen LogP contribution in [0.25, 0.3) is 0 Å². The van der Waals surface area contributed by atoms with Crippen LogP contribution >= 0.6 is 23.2 Å². The van der Waals surface area contributed by atoms with E-state index in [4.69, 9.17) is 23.2 Å². The molecule has 6 nitrogen and oxygen atoms in total. The maximum absolute atomic E-state index is 12.8. The lowest BCUT2D eigenvalue weighted by atomic mass is 10.1. The van der Waals surface area contributed by atoms with E-state index < -0.39 is 15.9 Å². The van der Waals surface area contributed by atoms with Crippen molar-refractivity contribution in [2.75, 3.05) is 23.3 Å². The molecule has 0 aromatic heterocycles. The van der Waals surface area contributed by atoms with Gasteiger partial charge < -0.3 is 10.2 Å². The van der Waals surface area contributed by atoms with Gasteiger partial charge in [0, 0.05) is 24.8 Å². The first-order chi connectivity index (χ1) is 14.2. The van der Waals surface area contributed by atoms with E-state index in [9.17, 15) is 13.2 Å². The number of sulfonamides is 1. The number of piperidine rings is 1. The van der Waals surface area contributed by atoms with Gasteiger partial charge in [0.15, 0.2) is 0 Å². The minimum absolute atomic E-state index is 0.0239. The molecule has 0 unspecified atom stereocenters. The van der Waals surface area contributed by atoms with Crippen LogP contribution in [0, 0.1) is 0 Å². The number of rotatable bonds is 6. The summed E-state index contributed by atoms with van der Waals surface area (Å²) < 4.78 is 27.3. The van der Waals surface area contributed by atoms with Crippen molar-refractivity contribution in [1.82, 2.24) is 4.72 Å². The van der Waals surface area contributed by atoms with Crippen LogP contribution in [0.2, 0.25) is 10.0 Å². The molecule has 1 amide bonds. The molecule has 0 saturated carbocycles. The van der Waals surface area contributed by atoms with Gasteiger partial charge in [0.05, 0.1) is 26.2 Å². The number of carbonyl (C=O) groups is 1. The summed E-state index contributed by atoms with van der Waals surface area (Å²) in [6.07, 6.45) is 3.50. The average Bonchev–Trinajstić information content (AvgIpc) is 2.68. The first-order valence-electron chi connectivity index (χ1n) is 9.85. The van der Waals surface area contributed by atoms with Crippen molar-refractivity contribution in [2.24, 2.45) is 0 Å². The SMILES string of the molecule is CC(C)NS(=O)(=O)c1ccc(Cl)c(C(=O)Nc2ccc(N3CCCCC3)c(Cl)c2)c1. The molecule has 2 aromatic rings. The lowest BCUT2D eigenvalue weighted by Gasteiger charge is -2.29. The smallest absolute Gasteiger partial charge is 0.257 e. The molecular formula is C21H25Cl2N3O3S. The zero-order valence-electron chi connectivity index (χ0n) is 16.9. The summed E-state index contributed by atoms with van der Waals surface area (Å²) in [7, 11) is -3.75. The number of nitrogens with zero attached hydrogens (tertiary/aromatic N) is 1. The van der Waals surface area contributed by atoms with Crippen LogP contribution in [-0.4, -0.2) is 33.5 Å². The number of halogens is 2. The second kappa shape index (κ2) is 9.56. The Bertz CT molecular complexity index is 1040. The third-order valence-corrected chi connectivity index (χ3v) is 7.07. The zero-order chi connectivity index (χ0) is 21.9. The molecule has 1 fully saturated rings. The molecular weight excluding hydrogens is 445 g/mol. The van der Waals surface area contributed by atoms with Crippen LogP contribution in [-0.2, 0) is 10.0 Å². The number of hydrogen-bond acceptors (Lipinski definition) is 4. The average molecular weight is 470 g/mol. The summed E-state index contributed by atoms with van der Waals surface area (Å²) in [5.74, 6) is -0.511. The minimum atomic E-state index is -3.75. The Morgan fingerprint density at radius 3 is 2.33 bits per heavy atom. The van der Waals surface area contributed by atoms with Gasteiger partial charge in [-0.2, -0.15) is 0 Å². The number of amides is 1. The van der Waals surface area contributed by atoms with Crippen LogP contribution in [0.1, 0.15) is 43.5 Å². The van der Waals surface area contributed by atoms with Gasteiger partial charge in [0.2, 0.25) is 10.0 Å². The summed E-state index contributed by atoms with van der Waals surface area (Å²) in [4.78, 5) is 15.0. The lowest BCUT2D eigenvalue weighted by molar-refractivity contribution is 0.102. The Labute approximate surface area is 187 Å². The van der Waals surface area contributed by atoms with Crippen molar-refractivity contribution in [3.05, 3.63) is 52.0 Å². The first-order valence-corrected chi connectivity index (χ1v) is 12.1. The van der Waals surface area contributed by atoms with Crippen LogP contribution < -0.4 is 14.9 Å². The van der Waals surface area contributed by atoms with Gasteiger partial charge in [-0.15, -0.1) is 0 Å². The van der Waals surface area contributed by atoms with Crippen LogP contribution in [0.15, 0.2) is 41.3 Å². The zero-order valence-corrected chi connectivity index (χ0v) is 19.2. The fourth-order valence-electron chi connectivity index (χ4n) is 3.40. The van der Waals surface area contributed by atoms with Crippen LogP contribution in [0.4, 0.5) is 11.4 Å². The highest BCUT2D eigenvalue weighted by Crippen LogP contribution is 2.31. The Morgan fingerprint density at radius 1 is 1.00 bits per heavy atom. The summed E-state index contributed by atoms with van der Waals surface area (Å²) in [5, 5.41) is 3.46. The van der Waals surface area contributed by atoms with E-state index in [0.29, 0.717) is 10.7 Å². The molecule has 0 bridgehead atoms. The van der Waals surface area contributed by atoms with Gasteiger partial charge >= 0.3 is 0 Å². The summed E-state index contributed by atoms with van der Waals surface area (Å²) in [5.41, 5.74) is 1.52. The molecule has 162 valence electrons. The third kappa shape index (κ3) is 5.46. The van der Waals surface area contributed by atoms with Gasteiger partial charge in [-0.25, -0.2) is 13.1 Å². The molecule has 9 heteroatoms. The maximum atomic E-state index is 12.8. The predicted octanol–water partition coefficient (Wildman–Crippen LogP) is 4.92. The predicted molar refractivity (Wildman–Crippen MR) is 122 cm³/mol. The minimum Gasteiger partial charge on any atom is -0.370 e. The van der Waals surface area contributed by atoms with Crippen molar-refractivity contribution >= 4 is 50.5 Å². The Balaban J connectivity index is 1.80. The molecule has 30 heavy (non-hydrogen) atoms. The molecule has 2 N–H and O–H groups in total. The fraction of sp³-hybridized carbons (Fsp3) is 0.381. The second-order valence-electron chi connectivity index (χ2n) is 7.59. The highest BCUT2D eigenvalue weighted by molar-refractivity contribution is 7.89. The number of nitrogens with one attached hydrogen (secondary N) is 2. The van der Waals surface area contributed by atoms with E-state index in [1.54, 1.807) is 26.0 Å². The van der Waals surface area contributed by atoms with Gasteiger partial charge in [0.1, 0.15) is 0 Å². The molecule has 0 radical (unpaired) electrons. The van der Waals surface area contributed by atoms with E-state index >= 15 is 0 Å². The van der Waals surface area contributed by atoms with Gasteiger partial charge in [-0.1, -0.05) is 23.2 Å². The Morgan fingerprint density at radius 2 is 1.70 bits per heavy atom. The fourth-order valence-corrected chi connectivity index (χ4v) is 5.18. The molecule has 3 rings (SSSR count). The normalized spacial score (nSPS) is 14.8. The number of carbonyl (C=O) groups excluding carboxylic acids is 1. The largest absolute Gasteiger partial charge is 0.370 e. The summed E-state index contributed by atoms with van der Waals surface area (Å²) >= 11 is 12.6. The van der Waals surface area contributed by atoms with Crippen molar-refractivity contribution in [2.45, 2.75) is 44.0 Å². The van der Waals surface area contributed by atoms with Crippen molar-refractivity contribution in [3.63, 3.8) is 0 Å². The van der Waals surface area contributed by atoms with E-state index in [1.165, 1.54) is 24.6 Å². The van der Waals surface area contributed by atoms with E-state index in [2.05, 4.69) is 14.9 Å². The van der Waals surface area contributed by atoms with Crippen molar-refractivity contribution in [3.8, 4) is 0 Å². The summed E-state index contributed by atoms with van der Waals surface area (Å²) in [6, 6.07) is 9.13. The van der Waals surface area contributed by atoms with Crippen LogP contribution in [0.3, 0.4) is 0 Å².